The first kappa shape index (κ1) is 10.5. The van der Waals surface area contributed by atoms with Gasteiger partial charge in [-0.25, -0.2) is 0 Å². The fourth-order valence-corrected chi connectivity index (χ4v) is 2.77. The monoisotopic (exact) mass is 228 g/mol. The molecule has 0 fully saturated rings. The van der Waals surface area contributed by atoms with Crippen LogP contribution in [0.1, 0.15) is 18.5 Å². The van der Waals surface area contributed by atoms with Crippen LogP contribution in [0.2, 0.25) is 0 Å². The molecule has 88 valence electrons. The lowest BCUT2D eigenvalue weighted by Gasteiger charge is -2.23. The molecule has 1 aromatic carbocycles. The van der Waals surface area contributed by atoms with E-state index in [-0.39, 0.29) is 12.1 Å². The predicted octanol–water partition coefficient (Wildman–Crippen LogP) is 0.251. The predicted molar refractivity (Wildman–Crippen MR) is 67.7 cm³/mol. The minimum atomic E-state index is 0.102. The number of fused-ring (bicyclic) bond motifs is 3. The van der Waals surface area contributed by atoms with Crippen molar-refractivity contribution in [1.29, 1.82) is 0 Å². The van der Waals surface area contributed by atoms with Gasteiger partial charge in [0.25, 0.3) is 0 Å². The molecule has 4 heteroatoms. The Morgan fingerprint density at radius 2 is 2.35 bits per heavy atom. The zero-order chi connectivity index (χ0) is 11.8. The Kier molecular flexibility index (Phi) is 2.44. The summed E-state index contributed by atoms with van der Waals surface area (Å²) in [6, 6.07) is 6.80. The number of hydrogen-bond donors (Lipinski definition) is 2. The number of azo groups is 1. The molecule has 1 aliphatic carbocycles. The summed E-state index contributed by atoms with van der Waals surface area (Å²) in [5.74, 6) is 0. The molecule has 4 nitrogen and oxygen atoms in total. The highest BCUT2D eigenvalue weighted by Crippen LogP contribution is 2.28. The van der Waals surface area contributed by atoms with Crippen LogP contribution in [-0.4, -0.2) is 19.8 Å². The highest BCUT2D eigenvalue weighted by molar-refractivity contribution is 5.59. The third kappa shape index (κ3) is 1.41. The average Bonchev–Trinajstić information content (AvgIpc) is 2.72. The van der Waals surface area contributed by atoms with E-state index in [1.54, 1.807) is 0 Å². The van der Waals surface area contributed by atoms with Crippen LogP contribution in [0.15, 0.2) is 28.4 Å². The zero-order valence-electron chi connectivity index (χ0n) is 10.1. The van der Waals surface area contributed by atoms with Crippen molar-refractivity contribution >= 4 is 11.8 Å². The van der Waals surface area contributed by atoms with Crippen LogP contribution >= 0.6 is 0 Å². The van der Waals surface area contributed by atoms with Crippen LogP contribution in [0, 0.1) is 0 Å². The molecular formula is C13H16N4. The first-order chi connectivity index (χ1) is 8.36. The van der Waals surface area contributed by atoms with Gasteiger partial charge in [0, 0.05) is 18.0 Å². The maximum absolute atomic E-state index is 4.38. The van der Waals surface area contributed by atoms with Gasteiger partial charge < -0.3 is 5.32 Å². The molecule has 1 heterocycles. The highest BCUT2D eigenvalue weighted by atomic mass is 15.3. The van der Waals surface area contributed by atoms with E-state index < -0.39 is 0 Å². The standard InChI is InChI=1S/C13H16N4/c1-3-8-5-4-6-9-10(8)12(14-2)13-11(9)15-7-16-17-13/h3-6,11,13-15H,7H2,1-2H3/b8-3-. The Labute approximate surface area is 100 Å². The molecule has 1 aliphatic heterocycles. The van der Waals surface area contributed by atoms with Gasteiger partial charge in [0.15, 0.2) is 0 Å². The smallest absolute Gasteiger partial charge is 0.130 e. The lowest BCUT2D eigenvalue weighted by atomic mass is 10.1. The van der Waals surface area contributed by atoms with Crippen molar-refractivity contribution in [2.24, 2.45) is 10.2 Å². The van der Waals surface area contributed by atoms with Crippen molar-refractivity contribution < 1.29 is 0 Å². The Bertz CT molecular complexity index is 588. The van der Waals surface area contributed by atoms with Gasteiger partial charge in [0.2, 0.25) is 0 Å². The van der Waals surface area contributed by atoms with Crippen molar-refractivity contribution in [1.82, 2.24) is 10.6 Å². The van der Waals surface area contributed by atoms with Crippen molar-refractivity contribution in [3.05, 3.63) is 34.2 Å². The van der Waals surface area contributed by atoms with E-state index in [1.165, 1.54) is 21.7 Å². The molecule has 0 amide bonds. The van der Waals surface area contributed by atoms with E-state index in [1.807, 2.05) is 7.05 Å². The normalized spacial score (nSPS) is 26.9. The largest absolute Gasteiger partial charge is 0.389 e. The molecule has 3 rings (SSSR count). The first-order valence-electron chi connectivity index (χ1n) is 5.94. The first-order valence-corrected chi connectivity index (χ1v) is 5.94. The molecule has 2 atom stereocenters. The van der Waals surface area contributed by atoms with Crippen LogP contribution in [0.4, 0.5) is 0 Å². The number of likely N-dealkylation sites (N-methyl/N-ethyl adjacent to an activating group) is 1. The molecule has 0 aromatic heterocycles. The van der Waals surface area contributed by atoms with Gasteiger partial charge in [-0.15, -0.1) is 0 Å². The van der Waals surface area contributed by atoms with E-state index >= 15 is 0 Å². The Morgan fingerprint density at radius 3 is 3.12 bits per heavy atom. The fourth-order valence-electron chi connectivity index (χ4n) is 2.77. The highest BCUT2D eigenvalue weighted by Gasteiger charge is 2.35. The average molecular weight is 228 g/mol. The maximum atomic E-state index is 4.38. The summed E-state index contributed by atoms with van der Waals surface area (Å²) in [6.45, 7) is 2.68. The van der Waals surface area contributed by atoms with Gasteiger partial charge in [0.05, 0.1) is 6.04 Å². The van der Waals surface area contributed by atoms with Gasteiger partial charge in [-0.05, 0) is 17.7 Å². The van der Waals surface area contributed by atoms with Gasteiger partial charge in [-0.3, -0.25) is 5.32 Å². The topological polar surface area (TPSA) is 48.8 Å². The van der Waals surface area contributed by atoms with E-state index in [9.17, 15) is 0 Å². The summed E-state index contributed by atoms with van der Waals surface area (Å²) in [5, 5.41) is 17.8. The maximum Gasteiger partial charge on any atom is 0.130 e. The van der Waals surface area contributed by atoms with Crippen LogP contribution in [-0.2, 0) is 0 Å². The van der Waals surface area contributed by atoms with E-state index in [0.717, 1.165) is 0 Å². The summed E-state index contributed by atoms with van der Waals surface area (Å²) in [4.78, 5) is 0. The van der Waals surface area contributed by atoms with Gasteiger partial charge in [-0.2, -0.15) is 10.2 Å². The van der Waals surface area contributed by atoms with Crippen LogP contribution in [0.3, 0.4) is 0 Å². The second-order valence-corrected chi connectivity index (χ2v) is 4.31. The zero-order valence-corrected chi connectivity index (χ0v) is 10.1. The van der Waals surface area contributed by atoms with Gasteiger partial charge in [0.1, 0.15) is 12.7 Å². The van der Waals surface area contributed by atoms with Crippen LogP contribution in [0.5, 0.6) is 0 Å². The van der Waals surface area contributed by atoms with Crippen molar-refractivity contribution in [2.45, 2.75) is 19.0 Å². The lowest BCUT2D eigenvalue weighted by Crippen LogP contribution is -2.33. The van der Waals surface area contributed by atoms with Crippen molar-refractivity contribution in [3.63, 3.8) is 0 Å². The summed E-state index contributed by atoms with van der Waals surface area (Å²) >= 11 is 0. The number of nitrogens with one attached hydrogen (secondary N) is 2. The number of benzene rings is 1. The molecule has 2 aliphatic rings. The third-order valence-electron chi connectivity index (χ3n) is 3.51. The summed E-state index contributed by atoms with van der Waals surface area (Å²) < 4.78 is 0. The second kappa shape index (κ2) is 3.96. The molecule has 2 N–H and O–H groups in total. The van der Waals surface area contributed by atoms with E-state index in [4.69, 9.17) is 0 Å². The minimum Gasteiger partial charge on any atom is -0.389 e. The minimum absolute atomic E-state index is 0.102. The summed E-state index contributed by atoms with van der Waals surface area (Å²) in [6.07, 6.45) is 2.14. The molecule has 0 saturated carbocycles. The van der Waals surface area contributed by atoms with Gasteiger partial charge in [-0.1, -0.05) is 24.3 Å². The van der Waals surface area contributed by atoms with Crippen molar-refractivity contribution in [2.75, 3.05) is 13.7 Å². The summed E-state index contributed by atoms with van der Waals surface area (Å²) in [7, 11) is 1.96. The number of hydrogen-bond acceptors (Lipinski definition) is 4. The number of rotatable bonds is 1. The third-order valence-corrected chi connectivity index (χ3v) is 3.51. The Balaban J connectivity index is 2.35. The van der Waals surface area contributed by atoms with Crippen LogP contribution < -0.4 is 21.1 Å². The van der Waals surface area contributed by atoms with Crippen LogP contribution in [0.25, 0.3) is 11.8 Å². The Hall–Kier alpha value is -1.68. The SMILES string of the molecule is C/C=c1/cccc2c1=C(NC)C1N=NCNC21. The lowest BCUT2D eigenvalue weighted by molar-refractivity contribution is 0.447. The van der Waals surface area contributed by atoms with Gasteiger partial charge >= 0.3 is 0 Å². The molecule has 0 bridgehead atoms. The molecule has 17 heavy (non-hydrogen) atoms. The van der Waals surface area contributed by atoms with Crippen molar-refractivity contribution in [3.8, 4) is 0 Å². The van der Waals surface area contributed by atoms with E-state index in [0.29, 0.717) is 6.67 Å². The Morgan fingerprint density at radius 1 is 1.47 bits per heavy atom. The van der Waals surface area contributed by atoms with E-state index in [2.05, 4.69) is 52.1 Å². The second-order valence-electron chi connectivity index (χ2n) is 4.31. The molecule has 0 saturated heterocycles. The quantitative estimate of drug-likeness (QED) is 0.724. The molecule has 2 unspecified atom stereocenters. The molecular weight excluding hydrogens is 212 g/mol. The molecule has 1 aromatic rings. The number of nitrogens with zero attached hydrogens (tertiary/aromatic N) is 2. The summed E-state index contributed by atoms with van der Waals surface area (Å²) in [5.41, 5.74) is 2.50. The molecule has 0 spiro atoms. The fraction of sp³-hybridized carbons (Fsp3) is 0.385. The molecule has 0 radical (unpaired) electrons.